The minimum absolute atomic E-state index is 0.289. The Bertz CT molecular complexity index is 841. The van der Waals surface area contributed by atoms with Crippen molar-refractivity contribution in [3.8, 4) is 0 Å². The van der Waals surface area contributed by atoms with Crippen molar-refractivity contribution in [2.24, 2.45) is 0 Å². The molecule has 0 aliphatic carbocycles. The lowest BCUT2D eigenvalue weighted by Gasteiger charge is -2.26. The van der Waals surface area contributed by atoms with Gasteiger partial charge >= 0.3 is 17.9 Å². The van der Waals surface area contributed by atoms with Gasteiger partial charge in [0.2, 0.25) is 5.76 Å². The Morgan fingerprint density at radius 1 is 0.885 bits per heavy atom. The summed E-state index contributed by atoms with van der Waals surface area (Å²) in [5, 5.41) is 0. The van der Waals surface area contributed by atoms with Crippen LogP contribution in [-0.4, -0.2) is 30.1 Å². The van der Waals surface area contributed by atoms with Crippen molar-refractivity contribution in [3.63, 3.8) is 0 Å². The first kappa shape index (κ1) is 17.4. The van der Waals surface area contributed by atoms with Crippen LogP contribution in [0.2, 0.25) is 0 Å². The largest absolute Gasteiger partial charge is 0.453 e. The van der Waals surface area contributed by atoms with Gasteiger partial charge in [0.25, 0.3) is 0 Å². The number of hydrogen-bond donors (Lipinski definition) is 0. The Balaban J connectivity index is 1.75. The first-order valence-corrected chi connectivity index (χ1v) is 8.00. The highest BCUT2D eigenvalue weighted by Gasteiger charge is 2.33. The van der Waals surface area contributed by atoms with Crippen molar-refractivity contribution < 1.29 is 28.6 Å². The fourth-order valence-corrected chi connectivity index (χ4v) is 2.35. The number of esters is 3. The Morgan fingerprint density at radius 2 is 1.42 bits per heavy atom. The molecule has 3 rings (SSSR count). The van der Waals surface area contributed by atoms with Gasteiger partial charge < -0.3 is 14.2 Å². The maximum Gasteiger partial charge on any atom is 0.374 e. The Hall–Kier alpha value is -3.41. The molecule has 1 aliphatic rings. The van der Waals surface area contributed by atoms with Crippen molar-refractivity contribution in [2.45, 2.75) is 19.1 Å². The summed E-state index contributed by atoms with van der Waals surface area (Å²) in [5.74, 6) is -2.35. The zero-order valence-electron chi connectivity index (χ0n) is 14.0. The molecule has 6 nitrogen and oxygen atoms in total. The molecule has 2 aromatic carbocycles. The van der Waals surface area contributed by atoms with E-state index in [4.69, 9.17) is 14.2 Å². The van der Waals surface area contributed by atoms with E-state index in [0.717, 1.165) is 0 Å². The van der Waals surface area contributed by atoms with E-state index in [2.05, 4.69) is 0 Å². The smallest absolute Gasteiger partial charge is 0.374 e. The van der Waals surface area contributed by atoms with Gasteiger partial charge in [0, 0.05) is 6.08 Å². The molecule has 6 heteroatoms. The average Bonchev–Trinajstić information content (AvgIpc) is 2.66. The summed E-state index contributed by atoms with van der Waals surface area (Å²) in [4.78, 5) is 36.3. The second-order valence-electron chi connectivity index (χ2n) is 5.63. The lowest BCUT2D eigenvalue weighted by Crippen LogP contribution is -2.37. The van der Waals surface area contributed by atoms with E-state index in [9.17, 15) is 14.4 Å². The first-order chi connectivity index (χ1) is 12.5. The molecule has 0 fully saturated rings. The molecule has 0 N–H and O–H groups in total. The van der Waals surface area contributed by atoms with Gasteiger partial charge in [0.1, 0.15) is 6.10 Å². The maximum atomic E-state index is 12.2. The molecule has 1 heterocycles. The predicted molar refractivity (Wildman–Crippen MR) is 91.1 cm³/mol. The average molecular weight is 352 g/mol. The van der Waals surface area contributed by atoms with E-state index in [1.807, 2.05) is 0 Å². The normalized spacial score (nSPS) is 19.1. The molecule has 0 radical (unpaired) electrons. The van der Waals surface area contributed by atoms with E-state index in [0.29, 0.717) is 5.56 Å². The molecule has 0 saturated heterocycles. The molecule has 0 amide bonds. The van der Waals surface area contributed by atoms with Crippen LogP contribution in [0.5, 0.6) is 0 Å². The van der Waals surface area contributed by atoms with E-state index in [-0.39, 0.29) is 11.3 Å². The van der Waals surface area contributed by atoms with Crippen molar-refractivity contribution in [2.75, 3.05) is 0 Å². The van der Waals surface area contributed by atoms with Crippen LogP contribution in [0.3, 0.4) is 0 Å². The summed E-state index contributed by atoms with van der Waals surface area (Å²) in [5.41, 5.74) is 0.658. The van der Waals surface area contributed by atoms with Crippen LogP contribution in [0.4, 0.5) is 0 Å². The zero-order chi connectivity index (χ0) is 18.5. The monoisotopic (exact) mass is 352 g/mol. The van der Waals surface area contributed by atoms with Crippen molar-refractivity contribution in [1.29, 1.82) is 0 Å². The minimum atomic E-state index is -0.862. The number of benzene rings is 2. The van der Waals surface area contributed by atoms with Crippen LogP contribution < -0.4 is 0 Å². The lowest BCUT2D eigenvalue weighted by atomic mass is 10.1. The second-order valence-corrected chi connectivity index (χ2v) is 5.63. The molecule has 0 spiro atoms. The molecule has 2 atom stereocenters. The van der Waals surface area contributed by atoms with Gasteiger partial charge in [-0.2, -0.15) is 0 Å². The number of rotatable bonds is 4. The van der Waals surface area contributed by atoms with Crippen LogP contribution in [0.15, 0.2) is 72.5 Å². The van der Waals surface area contributed by atoms with Gasteiger partial charge in [0.15, 0.2) is 6.10 Å². The highest BCUT2D eigenvalue weighted by atomic mass is 16.6. The van der Waals surface area contributed by atoms with Gasteiger partial charge in [-0.25, -0.2) is 14.4 Å². The van der Waals surface area contributed by atoms with Gasteiger partial charge in [0.05, 0.1) is 11.1 Å². The van der Waals surface area contributed by atoms with Crippen LogP contribution in [-0.2, 0) is 19.0 Å². The Labute approximate surface area is 150 Å². The molecule has 0 bridgehead atoms. The molecule has 2 aromatic rings. The molecular weight excluding hydrogens is 336 g/mol. The molecule has 2 unspecified atom stereocenters. The molecule has 132 valence electrons. The van der Waals surface area contributed by atoms with Crippen molar-refractivity contribution in [3.05, 3.63) is 83.6 Å². The van der Waals surface area contributed by atoms with Crippen molar-refractivity contribution >= 4 is 17.9 Å². The van der Waals surface area contributed by atoms with E-state index in [1.165, 1.54) is 6.08 Å². The minimum Gasteiger partial charge on any atom is -0.453 e. The topological polar surface area (TPSA) is 78.9 Å². The van der Waals surface area contributed by atoms with Crippen molar-refractivity contribution in [1.82, 2.24) is 0 Å². The standard InChI is InChI=1S/C20H16O6/c1-13-16(25-18(21)14-8-4-2-5-9-14)12-17(20(23)24-13)26-19(22)15-10-6-3-7-11-15/h2-13,16H,1H3. The van der Waals surface area contributed by atoms with Gasteiger partial charge in [-0.05, 0) is 31.2 Å². The summed E-state index contributed by atoms with van der Waals surface area (Å²) < 4.78 is 15.6. The first-order valence-electron chi connectivity index (χ1n) is 8.00. The molecule has 0 aromatic heterocycles. The summed E-state index contributed by atoms with van der Waals surface area (Å²) in [7, 11) is 0. The molecular formula is C20H16O6. The summed E-state index contributed by atoms with van der Waals surface area (Å²) in [6.45, 7) is 1.59. The predicted octanol–water partition coefficient (Wildman–Crippen LogP) is 2.90. The highest BCUT2D eigenvalue weighted by molar-refractivity contribution is 5.96. The number of carbonyl (C=O) groups excluding carboxylic acids is 3. The summed E-state index contributed by atoms with van der Waals surface area (Å²) >= 11 is 0. The summed E-state index contributed by atoms with van der Waals surface area (Å²) in [6.07, 6.45) is -0.272. The third-order valence-electron chi connectivity index (χ3n) is 3.74. The van der Waals surface area contributed by atoms with Crippen LogP contribution in [0.1, 0.15) is 27.6 Å². The van der Waals surface area contributed by atoms with Gasteiger partial charge in [-0.15, -0.1) is 0 Å². The van der Waals surface area contributed by atoms with Crippen LogP contribution >= 0.6 is 0 Å². The van der Waals surface area contributed by atoms with Crippen LogP contribution in [0.25, 0.3) is 0 Å². The number of hydrogen-bond acceptors (Lipinski definition) is 6. The van der Waals surface area contributed by atoms with E-state index >= 15 is 0 Å². The molecule has 0 saturated carbocycles. The second kappa shape index (κ2) is 7.65. The van der Waals surface area contributed by atoms with Gasteiger partial charge in [-0.3, -0.25) is 0 Å². The zero-order valence-corrected chi connectivity index (χ0v) is 14.0. The third kappa shape index (κ3) is 3.97. The highest BCUT2D eigenvalue weighted by Crippen LogP contribution is 2.20. The SMILES string of the molecule is CC1OC(=O)C(OC(=O)c2ccccc2)=CC1OC(=O)c1ccccc1. The number of ether oxygens (including phenoxy) is 3. The fourth-order valence-electron chi connectivity index (χ4n) is 2.35. The lowest BCUT2D eigenvalue weighted by molar-refractivity contribution is -0.154. The maximum absolute atomic E-state index is 12.2. The Kier molecular flexibility index (Phi) is 5.12. The van der Waals surface area contributed by atoms with Crippen LogP contribution in [0, 0.1) is 0 Å². The van der Waals surface area contributed by atoms with E-state index in [1.54, 1.807) is 67.6 Å². The molecule has 1 aliphatic heterocycles. The third-order valence-corrected chi connectivity index (χ3v) is 3.74. The fraction of sp³-hybridized carbons (Fsp3) is 0.150. The number of carbonyl (C=O) groups is 3. The quantitative estimate of drug-likeness (QED) is 0.622. The van der Waals surface area contributed by atoms with E-state index < -0.39 is 30.1 Å². The van der Waals surface area contributed by atoms with Gasteiger partial charge in [-0.1, -0.05) is 36.4 Å². The Morgan fingerprint density at radius 3 is 2.00 bits per heavy atom. The number of cyclic esters (lactones) is 1. The summed E-state index contributed by atoms with van der Waals surface area (Å²) in [6, 6.07) is 16.7. The molecule has 26 heavy (non-hydrogen) atoms.